The van der Waals surface area contributed by atoms with Gasteiger partial charge in [0.15, 0.2) is 0 Å². The van der Waals surface area contributed by atoms with Gasteiger partial charge in [-0.15, -0.1) is 0 Å². The molecule has 118 valence electrons. The highest BCUT2D eigenvalue weighted by Gasteiger charge is 2.30. The maximum Gasteiger partial charge on any atom is 0.211 e. The summed E-state index contributed by atoms with van der Waals surface area (Å²) in [4.78, 5) is 0. The Morgan fingerprint density at radius 1 is 1.38 bits per heavy atom. The lowest BCUT2D eigenvalue weighted by atomic mass is 9.95. The number of nitrogens with one attached hydrogen (secondary N) is 1. The quantitative estimate of drug-likeness (QED) is 0.920. The van der Waals surface area contributed by atoms with E-state index >= 15 is 0 Å². The second-order valence-electron chi connectivity index (χ2n) is 5.61. The van der Waals surface area contributed by atoms with E-state index in [1.807, 2.05) is 6.92 Å². The number of hydrogen-bond acceptors (Lipinski definition) is 3. The van der Waals surface area contributed by atoms with Gasteiger partial charge in [0.1, 0.15) is 11.6 Å². The third kappa shape index (κ3) is 4.21. The molecule has 1 aromatic rings. The minimum absolute atomic E-state index is 0.0886. The monoisotopic (exact) mass is 318 g/mol. The fourth-order valence-electron chi connectivity index (χ4n) is 2.63. The zero-order chi connectivity index (χ0) is 15.6. The number of nitrogens with zero attached hydrogens (tertiary/aromatic N) is 1. The number of rotatable bonds is 4. The van der Waals surface area contributed by atoms with Gasteiger partial charge in [-0.05, 0) is 30.5 Å². The molecule has 0 radical (unpaired) electrons. The van der Waals surface area contributed by atoms with Crippen LogP contribution < -0.4 is 5.32 Å². The number of piperidine rings is 1. The normalized spacial score (nSPS) is 24.2. The molecule has 0 aromatic heterocycles. The Hall–Kier alpha value is -1.05. The predicted octanol–water partition coefficient (Wildman–Crippen LogP) is 1.72. The van der Waals surface area contributed by atoms with E-state index in [0.29, 0.717) is 19.5 Å². The first kappa shape index (κ1) is 16.3. The molecule has 2 rings (SSSR count). The summed E-state index contributed by atoms with van der Waals surface area (Å²) < 4.78 is 51.1. The lowest BCUT2D eigenvalue weighted by molar-refractivity contribution is 0.219. The van der Waals surface area contributed by atoms with Crippen molar-refractivity contribution >= 4 is 10.0 Å². The zero-order valence-electron chi connectivity index (χ0n) is 12.1. The van der Waals surface area contributed by atoms with Gasteiger partial charge in [-0.1, -0.05) is 6.92 Å². The fourth-order valence-corrected chi connectivity index (χ4v) is 3.57. The molecule has 4 nitrogen and oxygen atoms in total. The van der Waals surface area contributed by atoms with Gasteiger partial charge in [0.2, 0.25) is 10.0 Å². The van der Waals surface area contributed by atoms with Crippen LogP contribution in [0.4, 0.5) is 8.78 Å². The largest absolute Gasteiger partial charge is 0.309 e. The maximum absolute atomic E-state index is 13.5. The van der Waals surface area contributed by atoms with E-state index < -0.39 is 21.7 Å². The molecule has 1 aromatic carbocycles. The van der Waals surface area contributed by atoms with Gasteiger partial charge in [0.05, 0.1) is 6.26 Å². The highest BCUT2D eigenvalue weighted by molar-refractivity contribution is 7.88. The molecule has 2 atom stereocenters. The van der Waals surface area contributed by atoms with Crippen LogP contribution in [0.3, 0.4) is 0 Å². The third-order valence-electron chi connectivity index (χ3n) is 3.90. The van der Waals surface area contributed by atoms with Crippen molar-refractivity contribution in [3.63, 3.8) is 0 Å². The van der Waals surface area contributed by atoms with Crippen molar-refractivity contribution in [1.29, 1.82) is 0 Å². The van der Waals surface area contributed by atoms with Crippen molar-refractivity contribution in [2.24, 2.45) is 5.92 Å². The Labute approximate surface area is 124 Å². The summed E-state index contributed by atoms with van der Waals surface area (Å²) in [5.74, 6) is -0.789. The summed E-state index contributed by atoms with van der Waals surface area (Å²) in [7, 11) is -3.17. The third-order valence-corrected chi connectivity index (χ3v) is 5.17. The molecule has 1 aliphatic heterocycles. The van der Waals surface area contributed by atoms with Crippen LogP contribution in [-0.4, -0.2) is 38.1 Å². The number of hydrogen-bond donors (Lipinski definition) is 1. The van der Waals surface area contributed by atoms with Gasteiger partial charge in [0, 0.05) is 31.2 Å². The van der Waals surface area contributed by atoms with Crippen LogP contribution in [0.5, 0.6) is 0 Å². The first-order chi connectivity index (χ1) is 9.77. The van der Waals surface area contributed by atoms with E-state index in [4.69, 9.17) is 0 Å². The second-order valence-corrected chi connectivity index (χ2v) is 7.59. The van der Waals surface area contributed by atoms with Crippen LogP contribution >= 0.6 is 0 Å². The summed E-state index contributed by atoms with van der Waals surface area (Å²) in [6.07, 6.45) is 1.86. The average molecular weight is 318 g/mol. The van der Waals surface area contributed by atoms with E-state index in [9.17, 15) is 17.2 Å². The maximum atomic E-state index is 13.5. The molecule has 1 heterocycles. The summed E-state index contributed by atoms with van der Waals surface area (Å²) in [6.45, 7) is 3.09. The van der Waals surface area contributed by atoms with Crippen LogP contribution in [0.15, 0.2) is 18.2 Å². The summed E-state index contributed by atoms with van der Waals surface area (Å²) in [5.41, 5.74) is 0.285. The van der Waals surface area contributed by atoms with Crippen molar-refractivity contribution in [1.82, 2.24) is 9.62 Å². The highest BCUT2D eigenvalue weighted by Crippen LogP contribution is 2.20. The van der Waals surface area contributed by atoms with E-state index in [0.717, 1.165) is 12.1 Å². The second kappa shape index (κ2) is 6.37. The Morgan fingerprint density at radius 2 is 2.10 bits per heavy atom. The lowest BCUT2D eigenvalue weighted by Gasteiger charge is -2.36. The van der Waals surface area contributed by atoms with Crippen molar-refractivity contribution < 1.29 is 17.2 Å². The van der Waals surface area contributed by atoms with Gasteiger partial charge in [-0.25, -0.2) is 21.5 Å². The van der Waals surface area contributed by atoms with Gasteiger partial charge in [0.25, 0.3) is 0 Å². The molecule has 0 aliphatic carbocycles. The van der Waals surface area contributed by atoms with Gasteiger partial charge >= 0.3 is 0 Å². The molecule has 0 saturated carbocycles. The standard InChI is InChI=1S/C14H20F2N2O2S/c1-10-9-18(21(2,19)20)6-5-14(10)17-8-11-7-12(15)3-4-13(11)16/h3-4,7,10,14,17H,5-6,8-9H2,1-2H3/t10-,14-/m1/s1. The Kier molecular flexibility index (Phi) is 4.95. The first-order valence-corrected chi connectivity index (χ1v) is 8.74. The first-order valence-electron chi connectivity index (χ1n) is 6.90. The molecular weight excluding hydrogens is 298 g/mol. The molecule has 1 aliphatic rings. The van der Waals surface area contributed by atoms with Crippen molar-refractivity contribution in [3.8, 4) is 0 Å². The number of halogens is 2. The number of benzene rings is 1. The smallest absolute Gasteiger partial charge is 0.211 e. The Bertz CT molecular complexity index is 607. The Morgan fingerprint density at radius 3 is 2.71 bits per heavy atom. The molecule has 0 amide bonds. The van der Waals surface area contributed by atoms with E-state index in [1.165, 1.54) is 16.6 Å². The van der Waals surface area contributed by atoms with Crippen LogP contribution in [0, 0.1) is 17.6 Å². The van der Waals surface area contributed by atoms with Crippen molar-refractivity contribution in [3.05, 3.63) is 35.4 Å². The molecular formula is C14H20F2N2O2S. The van der Waals surface area contributed by atoms with Crippen LogP contribution in [-0.2, 0) is 16.6 Å². The molecule has 1 fully saturated rings. The average Bonchev–Trinajstić information content (AvgIpc) is 2.40. The summed E-state index contributed by atoms with van der Waals surface area (Å²) in [6, 6.07) is 3.47. The van der Waals surface area contributed by atoms with Crippen molar-refractivity contribution in [2.75, 3.05) is 19.3 Å². The molecule has 7 heteroatoms. The number of sulfonamides is 1. The van der Waals surface area contributed by atoms with Crippen molar-refractivity contribution in [2.45, 2.75) is 25.9 Å². The molecule has 0 spiro atoms. The Balaban J connectivity index is 1.94. The molecule has 0 bridgehead atoms. The van der Waals surface area contributed by atoms with Crippen LogP contribution in [0.1, 0.15) is 18.9 Å². The molecule has 0 unspecified atom stereocenters. The van der Waals surface area contributed by atoms with Gasteiger partial charge in [-0.3, -0.25) is 0 Å². The van der Waals surface area contributed by atoms with E-state index in [-0.39, 0.29) is 24.1 Å². The zero-order valence-corrected chi connectivity index (χ0v) is 13.0. The fraction of sp³-hybridized carbons (Fsp3) is 0.571. The summed E-state index contributed by atoms with van der Waals surface area (Å²) in [5, 5.41) is 3.20. The lowest BCUT2D eigenvalue weighted by Crippen LogP contribution is -2.49. The van der Waals surface area contributed by atoms with Gasteiger partial charge < -0.3 is 5.32 Å². The van der Waals surface area contributed by atoms with E-state index in [2.05, 4.69) is 5.32 Å². The minimum Gasteiger partial charge on any atom is -0.309 e. The predicted molar refractivity (Wildman–Crippen MR) is 77.2 cm³/mol. The van der Waals surface area contributed by atoms with Crippen LogP contribution in [0.2, 0.25) is 0 Å². The topological polar surface area (TPSA) is 49.4 Å². The molecule has 21 heavy (non-hydrogen) atoms. The van der Waals surface area contributed by atoms with E-state index in [1.54, 1.807) is 0 Å². The summed E-state index contributed by atoms with van der Waals surface area (Å²) >= 11 is 0. The van der Waals surface area contributed by atoms with Gasteiger partial charge in [-0.2, -0.15) is 0 Å². The molecule has 1 saturated heterocycles. The molecule has 1 N–H and O–H groups in total. The SMILES string of the molecule is C[C@@H]1CN(S(C)(=O)=O)CC[C@H]1NCc1cc(F)ccc1F. The van der Waals surface area contributed by atoms with Crippen LogP contribution in [0.25, 0.3) is 0 Å². The minimum atomic E-state index is -3.17. The highest BCUT2D eigenvalue weighted by atomic mass is 32.2.